The molecule has 1 aromatic carbocycles. The smallest absolute Gasteiger partial charge is 0.293 e. The first kappa shape index (κ1) is 15.7. The molecule has 0 bridgehead atoms. The van der Waals surface area contributed by atoms with Crippen LogP contribution in [0.25, 0.3) is 0 Å². The highest BCUT2D eigenvalue weighted by atomic mass is 35.5. The van der Waals surface area contributed by atoms with Gasteiger partial charge in [0.1, 0.15) is 5.69 Å². The standard InChI is InChI=1S/C13H19ClN2O3/c1-3-13(4-2,9-17)8-15-12-10(14)6-5-7-11(12)16(18)19/h5-7,15,17H,3-4,8-9H2,1-2H3. The molecule has 0 aliphatic heterocycles. The van der Waals surface area contributed by atoms with E-state index in [1.165, 1.54) is 6.07 Å². The fourth-order valence-corrected chi connectivity index (χ4v) is 2.13. The van der Waals surface area contributed by atoms with Crippen LogP contribution in [0.4, 0.5) is 11.4 Å². The minimum absolute atomic E-state index is 0.0330. The number of hydrogen-bond donors (Lipinski definition) is 2. The zero-order valence-corrected chi connectivity index (χ0v) is 11.9. The summed E-state index contributed by atoms with van der Waals surface area (Å²) in [5, 5.41) is 23.8. The summed E-state index contributed by atoms with van der Waals surface area (Å²) in [6.07, 6.45) is 1.57. The Morgan fingerprint density at radius 3 is 2.53 bits per heavy atom. The number of nitrogens with one attached hydrogen (secondary N) is 1. The van der Waals surface area contributed by atoms with Crippen molar-refractivity contribution in [2.45, 2.75) is 26.7 Å². The number of hydrogen-bond acceptors (Lipinski definition) is 4. The lowest BCUT2D eigenvalue weighted by molar-refractivity contribution is -0.384. The zero-order chi connectivity index (χ0) is 14.5. The maximum atomic E-state index is 11.0. The van der Waals surface area contributed by atoms with Crippen LogP contribution in [0.15, 0.2) is 18.2 Å². The molecule has 0 fully saturated rings. The van der Waals surface area contributed by atoms with Gasteiger partial charge in [-0.3, -0.25) is 10.1 Å². The van der Waals surface area contributed by atoms with E-state index in [-0.39, 0.29) is 17.7 Å². The molecule has 0 unspecified atom stereocenters. The third-order valence-electron chi connectivity index (χ3n) is 3.66. The van der Waals surface area contributed by atoms with Gasteiger partial charge >= 0.3 is 0 Å². The average molecular weight is 287 g/mol. The molecular formula is C13H19ClN2O3. The predicted molar refractivity (Wildman–Crippen MR) is 76.7 cm³/mol. The summed E-state index contributed by atoms with van der Waals surface area (Å²) < 4.78 is 0. The molecule has 106 valence electrons. The van der Waals surface area contributed by atoms with Gasteiger partial charge in [-0.1, -0.05) is 31.5 Å². The first-order valence-corrected chi connectivity index (χ1v) is 6.65. The first-order chi connectivity index (χ1) is 8.99. The van der Waals surface area contributed by atoms with Gasteiger partial charge in [-0.25, -0.2) is 0 Å². The monoisotopic (exact) mass is 286 g/mol. The van der Waals surface area contributed by atoms with Crippen LogP contribution >= 0.6 is 11.6 Å². The number of halogens is 1. The maximum absolute atomic E-state index is 11.0. The number of anilines is 1. The summed E-state index contributed by atoms with van der Waals surface area (Å²) in [7, 11) is 0. The van der Waals surface area contributed by atoms with Gasteiger partial charge in [0, 0.05) is 18.0 Å². The highest BCUT2D eigenvalue weighted by Crippen LogP contribution is 2.34. The van der Waals surface area contributed by atoms with Crippen LogP contribution < -0.4 is 5.32 Å². The zero-order valence-electron chi connectivity index (χ0n) is 11.1. The minimum Gasteiger partial charge on any atom is -0.396 e. The summed E-state index contributed by atoms with van der Waals surface area (Å²) >= 11 is 6.00. The van der Waals surface area contributed by atoms with E-state index in [2.05, 4.69) is 5.32 Å². The predicted octanol–water partition coefficient (Wildman–Crippen LogP) is 3.46. The second-order valence-electron chi connectivity index (χ2n) is 4.61. The molecule has 0 aromatic heterocycles. The van der Waals surface area contributed by atoms with Crippen LogP contribution in [0, 0.1) is 15.5 Å². The highest BCUT2D eigenvalue weighted by Gasteiger charge is 2.27. The lowest BCUT2D eigenvalue weighted by atomic mass is 9.83. The molecule has 0 spiro atoms. The number of rotatable bonds is 7. The van der Waals surface area contributed by atoms with Crippen LogP contribution in [0.5, 0.6) is 0 Å². The number of benzene rings is 1. The lowest BCUT2D eigenvalue weighted by Crippen LogP contribution is -2.32. The van der Waals surface area contributed by atoms with Crippen molar-refractivity contribution < 1.29 is 10.0 Å². The number of nitrogens with zero attached hydrogens (tertiary/aromatic N) is 1. The van der Waals surface area contributed by atoms with Gasteiger partial charge in [0.05, 0.1) is 16.6 Å². The summed E-state index contributed by atoms with van der Waals surface area (Å²) in [6, 6.07) is 4.56. The van der Waals surface area contributed by atoms with E-state index in [0.717, 1.165) is 12.8 Å². The van der Waals surface area contributed by atoms with Gasteiger partial charge in [-0.2, -0.15) is 0 Å². The molecule has 1 aromatic rings. The second-order valence-corrected chi connectivity index (χ2v) is 5.02. The van der Waals surface area contributed by atoms with Gasteiger partial charge in [0.25, 0.3) is 5.69 Å². The van der Waals surface area contributed by atoms with Gasteiger partial charge in [0.2, 0.25) is 0 Å². The molecule has 0 aliphatic rings. The van der Waals surface area contributed by atoms with Gasteiger partial charge in [-0.15, -0.1) is 0 Å². The summed E-state index contributed by atoms with van der Waals surface area (Å²) in [5.74, 6) is 0. The number of para-hydroxylation sites is 1. The molecule has 1 rings (SSSR count). The minimum atomic E-state index is -0.466. The van der Waals surface area contributed by atoms with Crippen LogP contribution in [0.2, 0.25) is 5.02 Å². The highest BCUT2D eigenvalue weighted by molar-refractivity contribution is 6.33. The molecule has 0 saturated heterocycles. The van der Waals surface area contributed by atoms with Crippen molar-refractivity contribution in [3.05, 3.63) is 33.3 Å². The Labute approximate surface area is 117 Å². The Balaban J connectivity index is 2.97. The number of nitro benzene ring substituents is 1. The van der Waals surface area contributed by atoms with Crippen LogP contribution in [-0.2, 0) is 0 Å². The third-order valence-corrected chi connectivity index (χ3v) is 3.98. The average Bonchev–Trinajstić information content (AvgIpc) is 2.42. The van der Waals surface area contributed by atoms with E-state index in [1.807, 2.05) is 13.8 Å². The van der Waals surface area contributed by atoms with E-state index in [9.17, 15) is 15.2 Å². The number of nitro groups is 1. The summed E-state index contributed by atoms with van der Waals surface area (Å²) in [4.78, 5) is 10.5. The normalized spacial score (nSPS) is 11.4. The van der Waals surface area contributed by atoms with Crippen LogP contribution in [0.1, 0.15) is 26.7 Å². The topological polar surface area (TPSA) is 75.4 Å². The Morgan fingerprint density at radius 1 is 1.42 bits per heavy atom. The molecule has 2 N–H and O–H groups in total. The van der Waals surface area contributed by atoms with Gasteiger partial charge in [-0.05, 0) is 18.9 Å². The Hall–Kier alpha value is -1.33. The molecular weight excluding hydrogens is 268 g/mol. The lowest BCUT2D eigenvalue weighted by Gasteiger charge is -2.30. The van der Waals surface area contributed by atoms with E-state index >= 15 is 0 Å². The summed E-state index contributed by atoms with van der Waals surface area (Å²) in [6.45, 7) is 4.46. The van der Waals surface area contributed by atoms with Crippen molar-refractivity contribution in [2.75, 3.05) is 18.5 Å². The van der Waals surface area contributed by atoms with Crippen molar-refractivity contribution in [3.8, 4) is 0 Å². The molecule has 0 saturated carbocycles. The van der Waals surface area contributed by atoms with Crippen LogP contribution in [-0.4, -0.2) is 23.2 Å². The quantitative estimate of drug-likeness (QED) is 0.594. The molecule has 0 radical (unpaired) electrons. The fourth-order valence-electron chi connectivity index (χ4n) is 1.90. The first-order valence-electron chi connectivity index (χ1n) is 6.27. The maximum Gasteiger partial charge on any atom is 0.293 e. The second kappa shape index (κ2) is 6.73. The molecule has 5 nitrogen and oxygen atoms in total. The van der Waals surface area contributed by atoms with Crippen molar-refractivity contribution in [1.82, 2.24) is 0 Å². The molecule has 0 heterocycles. The number of aliphatic hydroxyl groups is 1. The van der Waals surface area contributed by atoms with Crippen molar-refractivity contribution in [3.63, 3.8) is 0 Å². The van der Waals surface area contributed by atoms with Crippen molar-refractivity contribution in [1.29, 1.82) is 0 Å². The Bertz CT molecular complexity index is 439. The van der Waals surface area contributed by atoms with E-state index in [1.54, 1.807) is 12.1 Å². The molecule has 6 heteroatoms. The SMILES string of the molecule is CCC(CC)(CO)CNc1c(Cl)cccc1[N+](=O)[O-]. The molecule has 0 amide bonds. The number of aliphatic hydroxyl groups excluding tert-OH is 1. The van der Waals surface area contributed by atoms with E-state index in [4.69, 9.17) is 11.6 Å². The van der Waals surface area contributed by atoms with Crippen molar-refractivity contribution in [2.24, 2.45) is 5.41 Å². The largest absolute Gasteiger partial charge is 0.396 e. The van der Waals surface area contributed by atoms with Gasteiger partial charge in [0.15, 0.2) is 0 Å². The van der Waals surface area contributed by atoms with E-state index in [0.29, 0.717) is 17.3 Å². The van der Waals surface area contributed by atoms with Crippen molar-refractivity contribution >= 4 is 23.0 Å². The third kappa shape index (κ3) is 3.58. The molecule has 0 aliphatic carbocycles. The Kier molecular flexibility index (Phi) is 5.57. The van der Waals surface area contributed by atoms with Gasteiger partial charge < -0.3 is 10.4 Å². The van der Waals surface area contributed by atoms with Crippen LogP contribution in [0.3, 0.4) is 0 Å². The van der Waals surface area contributed by atoms with E-state index < -0.39 is 4.92 Å². The summed E-state index contributed by atoms with van der Waals surface area (Å²) in [5.41, 5.74) is -0.0204. The molecule has 0 atom stereocenters. The Morgan fingerprint density at radius 2 is 2.05 bits per heavy atom. The molecule has 19 heavy (non-hydrogen) atoms. The fraction of sp³-hybridized carbons (Fsp3) is 0.538.